The summed E-state index contributed by atoms with van der Waals surface area (Å²) in [6, 6.07) is 16.0. The van der Waals surface area contributed by atoms with Gasteiger partial charge in [0.05, 0.1) is 13.0 Å². The van der Waals surface area contributed by atoms with Gasteiger partial charge in [-0.15, -0.1) is 0 Å². The van der Waals surface area contributed by atoms with Crippen LogP contribution < -0.4 is 4.74 Å². The maximum absolute atomic E-state index is 10.4. The average Bonchev–Trinajstić information content (AvgIpc) is 2.40. The molecule has 0 aliphatic carbocycles. The number of rotatable bonds is 5. The fourth-order valence-electron chi connectivity index (χ4n) is 1.75. The van der Waals surface area contributed by atoms with Gasteiger partial charge < -0.3 is 9.84 Å². The Kier molecular flexibility index (Phi) is 4.18. The molecule has 0 saturated carbocycles. The second-order valence-electron chi connectivity index (χ2n) is 4.38. The lowest BCUT2D eigenvalue weighted by Gasteiger charge is -2.06. The first-order valence-corrected chi connectivity index (χ1v) is 6.17. The lowest BCUT2D eigenvalue weighted by Crippen LogP contribution is -2.04. The molecule has 0 aromatic heterocycles. The average molecular weight is 256 g/mol. The van der Waals surface area contributed by atoms with Crippen molar-refractivity contribution in [3.05, 3.63) is 54.1 Å². The third kappa shape index (κ3) is 3.85. The molecule has 0 amide bonds. The van der Waals surface area contributed by atoms with Crippen LogP contribution in [0.3, 0.4) is 0 Å². The van der Waals surface area contributed by atoms with Crippen LogP contribution in [-0.4, -0.2) is 17.7 Å². The molecule has 0 atom stereocenters. The topological polar surface area (TPSA) is 46.5 Å². The van der Waals surface area contributed by atoms with E-state index in [0.29, 0.717) is 5.75 Å². The van der Waals surface area contributed by atoms with Crippen LogP contribution in [0.25, 0.3) is 11.1 Å². The summed E-state index contributed by atoms with van der Waals surface area (Å²) in [5.74, 6) is -0.159. The van der Waals surface area contributed by atoms with Gasteiger partial charge in [-0.2, -0.15) is 0 Å². The summed E-state index contributed by atoms with van der Waals surface area (Å²) in [7, 11) is 0. The third-order valence-corrected chi connectivity index (χ3v) is 2.82. The first kappa shape index (κ1) is 13.1. The molecule has 0 aliphatic rings. The Balaban J connectivity index is 2.02. The number of hydrogen-bond acceptors (Lipinski definition) is 2. The monoisotopic (exact) mass is 256 g/mol. The Hall–Kier alpha value is -2.29. The highest BCUT2D eigenvalue weighted by Crippen LogP contribution is 2.22. The SMILES string of the molecule is Cc1ccc(-c2ccc(OCCC(=O)O)cc2)cc1. The van der Waals surface area contributed by atoms with Gasteiger partial charge in [-0.3, -0.25) is 4.79 Å². The van der Waals surface area contributed by atoms with Gasteiger partial charge in [-0.25, -0.2) is 0 Å². The number of carboxylic acids is 1. The van der Waals surface area contributed by atoms with Crippen molar-refractivity contribution in [2.45, 2.75) is 13.3 Å². The van der Waals surface area contributed by atoms with Gasteiger partial charge in [0.1, 0.15) is 5.75 Å². The Labute approximate surface area is 112 Å². The minimum absolute atomic E-state index is 0.0136. The second-order valence-corrected chi connectivity index (χ2v) is 4.38. The normalized spacial score (nSPS) is 10.2. The molecular weight excluding hydrogens is 240 g/mol. The van der Waals surface area contributed by atoms with Crippen LogP contribution in [-0.2, 0) is 4.79 Å². The lowest BCUT2D eigenvalue weighted by atomic mass is 10.0. The summed E-state index contributed by atoms with van der Waals surface area (Å²) in [5, 5.41) is 8.53. The number of aryl methyl sites for hydroxylation is 1. The van der Waals surface area contributed by atoms with Gasteiger partial charge >= 0.3 is 5.97 Å². The first-order chi connectivity index (χ1) is 9.15. The lowest BCUT2D eigenvalue weighted by molar-refractivity contribution is -0.137. The molecule has 19 heavy (non-hydrogen) atoms. The number of ether oxygens (including phenoxy) is 1. The van der Waals surface area contributed by atoms with E-state index in [1.165, 1.54) is 5.56 Å². The van der Waals surface area contributed by atoms with E-state index in [-0.39, 0.29) is 13.0 Å². The Bertz CT molecular complexity index is 541. The Morgan fingerprint density at radius 1 is 1.00 bits per heavy atom. The Morgan fingerprint density at radius 2 is 1.53 bits per heavy atom. The number of carbonyl (C=O) groups is 1. The maximum atomic E-state index is 10.4. The molecule has 0 unspecified atom stereocenters. The van der Waals surface area contributed by atoms with E-state index in [1.54, 1.807) is 0 Å². The van der Waals surface area contributed by atoms with Crippen LogP contribution >= 0.6 is 0 Å². The zero-order valence-corrected chi connectivity index (χ0v) is 10.8. The van der Waals surface area contributed by atoms with Crippen LogP contribution in [0.2, 0.25) is 0 Å². The highest BCUT2D eigenvalue weighted by atomic mass is 16.5. The predicted molar refractivity (Wildman–Crippen MR) is 74.4 cm³/mol. The zero-order chi connectivity index (χ0) is 13.7. The maximum Gasteiger partial charge on any atom is 0.306 e. The molecule has 0 radical (unpaired) electrons. The molecule has 3 nitrogen and oxygen atoms in total. The summed E-state index contributed by atoms with van der Waals surface area (Å²) in [5.41, 5.74) is 3.51. The molecule has 0 fully saturated rings. The van der Waals surface area contributed by atoms with E-state index in [0.717, 1.165) is 11.1 Å². The van der Waals surface area contributed by atoms with Gasteiger partial charge in [-0.1, -0.05) is 42.0 Å². The number of hydrogen-bond donors (Lipinski definition) is 1. The zero-order valence-electron chi connectivity index (χ0n) is 10.8. The summed E-state index contributed by atoms with van der Waals surface area (Å²) in [4.78, 5) is 10.4. The summed E-state index contributed by atoms with van der Waals surface area (Å²) >= 11 is 0. The van der Waals surface area contributed by atoms with Crippen molar-refractivity contribution in [1.82, 2.24) is 0 Å². The standard InChI is InChI=1S/C16H16O3/c1-12-2-4-13(5-3-12)14-6-8-15(9-7-14)19-11-10-16(17)18/h2-9H,10-11H2,1H3,(H,17,18). The van der Waals surface area contributed by atoms with Crippen molar-refractivity contribution in [3.63, 3.8) is 0 Å². The van der Waals surface area contributed by atoms with Gasteiger partial charge in [0.25, 0.3) is 0 Å². The van der Waals surface area contributed by atoms with Crippen molar-refractivity contribution in [2.24, 2.45) is 0 Å². The van der Waals surface area contributed by atoms with Crippen molar-refractivity contribution in [1.29, 1.82) is 0 Å². The Morgan fingerprint density at radius 3 is 2.05 bits per heavy atom. The molecule has 2 aromatic rings. The molecular formula is C16H16O3. The van der Waals surface area contributed by atoms with Gasteiger partial charge in [0.15, 0.2) is 0 Å². The van der Waals surface area contributed by atoms with E-state index in [9.17, 15) is 4.79 Å². The molecule has 0 aliphatic heterocycles. The van der Waals surface area contributed by atoms with Gasteiger partial charge in [0.2, 0.25) is 0 Å². The minimum Gasteiger partial charge on any atom is -0.493 e. The second kappa shape index (κ2) is 6.05. The molecule has 1 N–H and O–H groups in total. The van der Waals surface area contributed by atoms with Crippen molar-refractivity contribution in [3.8, 4) is 16.9 Å². The van der Waals surface area contributed by atoms with E-state index < -0.39 is 5.97 Å². The third-order valence-electron chi connectivity index (χ3n) is 2.82. The van der Waals surface area contributed by atoms with Crippen LogP contribution in [0, 0.1) is 6.92 Å². The molecule has 2 aromatic carbocycles. The highest BCUT2D eigenvalue weighted by Gasteiger charge is 2.00. The summed E-state index contributed by atoms with van der Waals surface area (Å²) in [6.45, 7) is 2.25. The van der Waals surface area contributed by atoms with E-state index in [2.05, 4.69) is 31.2 Å². The van der Waals surface area contributed by atoms with Crippen molar-refractivity contribution in [2.75, 3.05) is 6.61 Å². The molecule has 3 heteroatoms. The van der Waals surface area contributed by atoms with Gasteiger partial charge in [0, 0.05) is 0 Å². The fourth-order valence-corrected chi connectivity index (χ4v) is 1.75. The van der Waals surface area contributed by atoms with E-state index >= 15 is 0 Å². The van der Waals surface area contributed by atoms with E-state index in [4.69, 9.17) is 9.84 Å². The fraction of sp³-hybridized carbons (Fsp3) is 0.188. The molecule has 98 valence electrons. The largest absolute Gasteiger partial charge is 0.493 e. The van der Waals surface area contributed by atoms with Crippen LogP contribution in [0.4, 0.5) is 0 Å². The summed E-state index contributed by atoms with van der Waals surface area (Å²) in [6.07, 6.45) is 0.0136. The van der Waals surface area contributed by atoms with Gasteiger partial charge in [-0.05, 0) is 30.2 Å². The number of benzene rings is 2. The molecule has 0 heterocycles. The van der Waals surface area contributed by atoms with E-state index in [1.807, 2.05) is 24.3 Å². The first-order valence-electron chi connectivity index (χ1n) is 6.17. The summed E-state index contributed by atoms with van der Waals surface area (Å²) < 4.78 is 5.35. The van der Waals surface area contributed by atoms with Crippen molar-refractivity contribution >= 4 is 5.97 Å². The molecule has 0 spiro atoms. The van der Waals surface area contributed by atoms with Crippen molar-refractivity contribution < 1.29 is 14.6 Å². The smallest absolute Gasteiger partial charge is 0.306 e. The van der Waals surface area contributed by atoms with Crippen LogP contribution in [0.1, 0.15) is 12.0 Å². The quantitative estimate of drug-likeness (QED) is 0.890. The van der Waals surface area contributed by atoms with Crippen LogP contribution in [0.5, 0.6) is 5.75 Å². The number of carboxylic acid groups (broad SMARTS) is 1. The number of aliphatic carboxylic acids is 1. The predicted octanol–water partition coefficient (Wildman–Crippen LogP) is 3.52. The molecule has 0 saturated heterocycles. The highest BCUT2D eigenvalue weighted by molar-refractivity contribution is 5.67. The minimum atomic E-state index is -0.851. The molecule has 2 rings (SSSR count). The molecule has 0 bridgehead atoms. The van der Waals surface area contributed by atoms with Crippen LogP contribution in [0.15, 0.2) is 48.5 Å².